The molecule has 102 valence electrons. The highest BCUT2D eigenvalue weighted by Gasteiger charge is 2.23. The van der Waals surface area contributed by atoms with Gasteiger partial charge in [-0.25, -0.2) is 4.79 Å². The summed E-state index contributed by atoms with van der Waals surface area (Å²) in [6, 6.07) is 5.37. The Bertz CT molecular complexity index is 728. The molecule has 3 rings (SSSR count). The van der Waals surface area contributed by atoms with Crippen LogP contribution < -0.4 is 0 Å². The standard InChI is InChI=1S/C15H13ClN2O2/c16-10-5-6-12-13(14(10)15(19)20-8-7-17)9-3-1-2-4-11(9)18-12/h5-6,18H,1-4,8H2. The number of fused-ring (bicyclic) bond motifs is 3. The van der Waals surface area contributed by atoms with E-state index in [1.54, 1.807) is 12.1 Å². The number of aromatic amines is 1. The van der Waals surface area contributed by atoms with Crippen LogP contribution >= 0.6 is 11.6 Å². The maximum absolute atomic E-state index is 12.2. The predicted octanol–water partition coefficient (Wildman–Crippen LogP) is 3.38. The Hall–Kier alpha value is -1.99. The van der Waals surface area contributed by atoms with Crippen LogP contribution in [0, 0.1) is 11.3 Å². The van der Waals surface area contributed by atoms with E-state index in [9.17, 15) is 4.79 Å². The Labute approximate surface area is 121 Å². The van der Waals surface area contributed by atoms with Crippen LogP contribution in [0.2, 0.25) is 5.02 Å². The molecule has 1 aromatic carbocycles. The summed E-state index contributed by atoms with van der Waals surface area (Å²) in [5, 5.41) is 9.76. The molecule has 0 fully saturated rings. The van der Waals surface area contributed by atoms with Gasteiger partial charge in [-0.1, -0.05) is 11.6 Å². The van der Waals surface area contributed by atoms with Gasteiger partial charge in [0.25, 0.3) is 0 Å². The molecule has 1 N–H and O–H groups in total. The largest absolute Gasteiger partial charge is 0.447 e. The zero-order valence-corrected chi connectivity index (χ0v) is 11.6. The topological polar surface area (TPSA) is 65.9 Å². The Balaban J connectivity index is 2.19. The van der Waals surface area contributed by atoms with Crippen molar-refractivity contribution >= 4 is 28.5 Å². The summed E-state index contributed by atoms with van der Waals surface area (Å²) in [5.41, 5.74) is 3.63. The summed E-state index contributed by atoms with van der Waals surface area (Å²) in [6.45, 7) is -0.266. The number of carbonyl (C=O) groups is 1. The van der Waals surface area contributed by atoms with E-state index in [0.717, 1.165) is 42.1 Å². The number of aryl methyl sites for hydroxylation is 2. The first kappa shape index (κ1) is 13.0. The van der Waals surface area contributed by atoms with Crippen LogP contribution in [0.4, 0.5) is 0 Å². The normalized spacial score (nSPS) is 13.8. The summed E-state index contributed by atoms with van der Waals surface area (Å²) in [4.78, 5) is 15.5. The Kier molecular flexibility index (Phi) is 3.37. The van der Waals surface area contributed by atoms with Gasteiger partial charge < -0.3 is 9.72 Å². The van der Waals surface area contributed by atoms with Crippen LogP contribution in [0.25, 0.3) is 10.9 Å². The minimum atomic E-state index is -0.533. The smallest absolute Gasteiger partial charge is 0.341 e. The van der Waals surface area contributed by atoms with Crippen LogP contribution in [0.15, 0.2) is 12.1 Å². The van der Waals surface area contributed by atoms with Crippen LogP contribution in [-0.2, 0) is 17.6 Å². The molecule has 1 aliphatic rings. The quantitative estimate of drug-likeness (QED) is 0.862. The minimum Gasteiger partial charge on any atom is -0.447 e. The fourth-order valence-corrected chi connectivity index (χ4v) is 3.08. The number of hydrogen-bond acceptors (Lipinski definition) is 3. The number of hydrogen-bond donors (Lipinski definition) is 1. The van der Waals surface area contributed by atoms with Crippen molar-refractivity contribution < 1.29 is 9.53 Å². The number of nitrogens with one attached hydrogen (secondary N) is 1. The molecule has 0 radical (unpaired) electrons. The fraction of sp³-hybridized carbons (Fsp3) is 0.333. The van der Waals surface area contributed by atoms with Gasteiger partial charge in [0, 0.05) is 16.6 Å². The third-order valence-electron chi connectivity index (χ3n) is 3.68. The van der Waals surface area contributed by atoms with Gasteiger partial charge in [-0.15, -0.1) is 0 Å². The van der Waals surface area contributed by atoms with Crippen molar-refractivity contribution in [2.24, 2.45) is 0 Å². The number of aromatic nitrogens is 1. The Morgan fingerprint density at radius 2 is 2.20 bits per heavy atom. The molecule has 1 aliphatic carbocycles. The lowest BCUT2D eigenvalue weighted by atomic mass is 9.94. The number of benzene rings is 1. The number of nitriles is 1. The second-order valence-electron chi connectivity index (χ2n) is 4.87. The van der Waals surface area contributed by atoms with Crippen LogP contribution in [0.5, 0.6) is 0 Å². The monoisotopic (exact) mass is 288 g/mol. The maximum atomic E-state index is 12.2. The second-order valence-corrected chi connectivity index (χ2v) is 5.28. The van der Waals surface area contributed by atoms with Gasteiger partial charge in [-0.3, -0.25) is 0 Å². The summed E-state index contributed by atoms with van der Waals surface area (Å²) >= 11 is 6.18. The van der Waals surface area contributed by atoms with E-state index in [-0.39, 0.29) is 6.61 Å². The van der Waals surface area contributed by atoms with E-state index in [1.165, 1.54) is 5.69 Å². The van der Waals surface area contributed by atoms with E-state index >= 15 is 0 Å². The molecule has 2 aromatic rings. The van der Waals surface area contributed by atoms with Crippen LogP contribution in [0.3, 0.4) is 0 Å². The van der Waals surface area contributed by atoms with E-state index in [2.05, 4.69) is 4.98 Å². The maximum Gasteiger partial charge on any atom is 0.341 e. The van der Waals surface area contributed by atoms with Crippen molar-refractivity contribution in [2.45, 2.75) is 25.7 Å². The average Bonchev–Trinajstić information content (AvgIpc) is 2.83. The molecule has 0 saturated carbocycles. The lowest BCUT2D eigenvalue weighted by Gasteiger charge is -2.12. The minimum absolute atomic E-state index is 0.266. The predicted molar refractivity (Wildman–Crippen MR) is 75.8 cm³/mol. The Morgan fingerprint density at radius 1 is 1.40 bits per heavy atom. The molecule has 0 amide bonds. The third-order valence-corrected chi connectivity index (χ3v) is 4.00. The van der Waals surface area contributed by atoms with Crippen molar-refractivity contribution in [3.8, 4) is 6.07 Å². The highest BCUT2D eigenvalue weighted by molar-refractivity contribution is 6.35. The molecule has 20 heavy (non-hydrogen) atoms. The summed E-state index contributed by atoms with van der Waals surface area (Å²) in [7, 11) is 0. The number of nitrogens with zero attached hydrogens (tertiary/aromatic N) is 1. The lowest BCUT2D eigenvalue weighted by Crippen LogP contribution is -2.08. The number of carbonyl (C=O) groups excluding carboxylic acids is 1. The molecule has 0 unspecified atom stereocenters. The highest BCUT2D eigenvalue weighted by atomic mass is 35.5. The van der Waals surface area contributed by atoms with E-state index in [4.69, 9.17) is 21.6 Å². The van der Waals surface area contributed by atoms with Gasteiger partial charge in [0.15, 0.2) is 6.61 Å². The molecular formula is C15H13ClN2O2. The zero-order valence-electron chi connectivity index (χ0n) is 10.8. The van der Waals surface area contributed by atoms with Crippen molar-refractivity contribution in [1.82, 2.24) is 4.98 Å². The number of ether oxygens (including phenoxy) is 1. The molecule has 1 heterocycles. The first-order valence-electron chi connectivity index (χ1n) is 6.58. The molecule has 1 aromatic heterocycles. The van der Waals surface area contributed by atoms with Crippen molar-refractivity contribution in [2.75, 3.05) is 6.61 Å². The van der Waals surface area contributed by atoms with E-state index < -0.39 is 5.97 Å². The SMILES string of the molecule is N#CCOC(=O)c1c(Cl)ccc2[nH]c3c(c12)CCCC3. The van der Waals surface area contributed by atoms with Gasteiger partial charge in [-0.05, 0) is 43.4 Å². The van der Waals surface area contributed by atoms with Gasteiger partial charge in [0.2, 0.25) is 0 Å². The number of rotatable bonds is 2. The van der Waals surface area contributed by atoms with E-state index in [0.29, 0.717) is 10.6 Å². The zero-order chi connectivity index (χ0) is 14.1. The molecule has 4 nitrogen and oxygen atoms in total. The number of esters is 1. The Morgan fingerprint density at radius 3 is 3.00 bits per heavy atom. The third kappa shape index (κ3) is 2.04. The molecule has 0 atom stereocenters. The number of halogens is 1. The average molecular weight is 289 g/mol. The van der Waals surface area contributed by atoms with Crippen LogP contribution in [-0.4, -0.2) is 17.6 Å². The second kappa shape index (κ2) is 5.18. The van der Waals surface area contributed by atoms with Gasteiger partial charge >= 0.3 is 5.97 Å². The summed E-state index contributed by atoms with van der Waals surface area (Å²) in [6.07, 6.45) is 4.20. The van der Waals surface area contributed by atoms with Gasteiger partial charge in [0.1, 0.15) is 6.07 Å². The first-order chi connectivity index (χ1) is 9.72. The first-order valence-corrected chi connectivity index (χ1v) is 6.96. The van der Waals surface area contributed by atoms with Gasteiger partial charge in [-0.2, -0.15) is 5.26 Å². The molecule has 5 heteroatoms. The van der Waals surface area contributed by atoms with Gasteiger partial charge in [0.05, 0.1) is 10.6 Å². The molecule has 0 saturated heterocycles. The van der Waals surface area contributed by atoms with E-state index in [1.807, 2.05) is 6.07 Å². The molecule has 0 spiro atoms. The molecular weight excluding hydrogens is 276 g/mol. The summed E-state index contributed by atoms with van der Waals surface area (Å²) < 4.78 is 4.93. The highest BCUT2D eigenvalue weighted by Crippen LogP contribution is 2.35. The number of H-pyrrole nitrogens is 1. The summed E-state index contributed by atoms with van der Waals surface area (Å²) in [5.74, 6) is -0.533. The van der Waals surface area contributed by atoms with Crippen molar-refractivity contribution in [3.63, 3.8) is 0 Å². The molecule has 0 bridgehead atoms. The van der Waals surface area contributed by atoms with Crippen molar-refractivity contribution in [3.05, 3.63) is 34.0 Å². The fourth-order valence-electron chi connectivity index (χ4n) is 2.85. The van der Waals surface area contributed by atoms with Crippen molar-refractivity contribution in [1.29, 1.82) is 5.26 Å². The molecule has 0 aliphatic heterocycles. The van der Waals surface area contributed by atoms with Crippen LogP contribution in [0.1, 0.15) is 34.5 Å². The lowest BCUT2D eigenvalue weighted by molar-refractivity contribution is 0.0557.